The van der Waals surface area contributed by atoms with Crippen molar-refractivity contribution in [1.82, 2.24) is 9.97 Å². The largest absolute Gasteiger partial charge is 0.481 e. The Labute approximate surface area is 145 Å². The number of hydrogen-bond donors (Lipinski definition) is 1. The molecule has 0 spiro atoms. The van der Waals surface area contributed by atoms with Gasteiger partial charge in [0.1, 0.15) is 0 Å². The average molecular weight is 345 g/mol. The van der Waals surface area contributed by atoms with Gasteiger partial charge < -0.3 is 19.5 Å². The van der Waals surface area contributed by atoms with E-state index in [2.05, 4.69) is 15.3 Å². The molecule has 1 aromatic heterocycles. The number of Topliss-reactive ketones (excluding diaryl/α,β-unsaturated/α-hetero) is 1. The number of carbonyl (C=O) groups is 2. The maximum Gasteiger partial charge on any atom is 0.232 e. The summed E-state index contributed by atoms with van der Waals surface area (Å²) in [6, 6.07) is 8.58. The molecule has 0 atom stereocenters. The van der Waals surface area contributed by atoms with Crippen molar-refractivity contribution in [3.05, 3.63) is 41.7 Å². The Balaban J connectivity index is 2.01. The quantitative estimate of drug-likeness (QED) is 0.576. The van der Waals surface area contributed by atoms with Crippen LogP contribution in [0.4, 0.5) is 5.69 Å². The molecule has 25 heavy (non-hydrogen) atoms. The number of hydrogen-bond acceptors (Lipinski definition) is 7. The number of anilines is 1. The summed E-state index contributed by atoms with van der Waals surface area (Å²) in [4.78, 5) is 32.1. The van der Waals surface area contributed by atoms with Gasteiger partial charge in [0.15, 0.2) is 0 Å². The van der Waals surface area contributed by atoms with E-state index < -0.39 is 18.1 Å². The minimum Gasteiger partial charge on any atom is -0.481 e. The lowest BCUT2D eigenvalue weighted by Gasteiger charge is -2.07. The molecule has 1 N–H and O–H groups in total. The number of nitrogens with one attached hydrogen (secondary N) is 1. The van der Waals surface area contributed by atoms with Crippen molar-refractivity contribution in [2.24, 2.45) is 0 Å². The van der Waals surface area contributed by atoms with E-state index in [9.17, 15) is 9.59 Å². The van der Waals surface area contributed by atoms with Gasteiger partial charge in [0.05, 0.1) is 33.3 Å². The second kappa shape index (κ2) is 8.74. The summed E-state index contributed by atoms with van der Waals surface area (Å²) in [7, 11) is 4.43. The first-order valence-corrected chi connectivity index (χ1v) is 7.43. The van der Waals surface area contributed by atoms with Gasteiger partial charge >= 0.3 is 0 Å². The maximum absolute atomic E-state index is 12.2. The molecule has 1 amide bonds. The Hall–Kier alpha value is -3.00. The third kappa shape index (κ3) is 5.25. The number of aromatic nitrogens is 2. The summed E-state index contributed by atoms with van der Waals surface area (Å²) >= 11 is 0. The Morgan fingerprint density at radius 3 is 2.12 bits per heavy atom. The highest BCUT2D eigenvalue weighted by Gasteiger charge is 2.17. The molecule has 8 heteroatoms. The van der Waals surface area contributed by atoms with Gasteiger partial charge in [-0.2, -0.15) is 9.97 Å². The summed E-state index contributed by atoms with van der Waals surface area (Å²) < 4.78 is 15.0. The number of amides is 1. The van der Waals surface area contributed by atoms with Crippen LogP contribution in [0.25, 0.3) is 0 Å². The standard InChI is InChI=1S/C17H19N3O5/c1-23-10-11-4-6-12(7-5-11)18-14(22)8-13(21)17-19-15(24-2)9-16(20-17)25-3/h4-7,9H,8,10H2,1-3H3,(H,18,22). The van der Waals surface area contributed by atoms with Gasteiger partial charge in [-0.15, -0.1) is 0 Å². The van der Waals surface area contributed by atoms with Crippen molar-refractivity contribution < 1.29 is 23.8 Å². The van der Waals surface area contributed by atoms with Crippen LogP contribution in [0.1, 0.15) is 22.6 Å². The van der Waals surface area contributed by atoms with Crippen molar-refractivity contribution in [3.8, 4) is 11.8 Å². The van der Waals surface area contributed by atoms with E-state index in [-0.39, 0.29) is 17.6 Å². The number of ether oxygens (including phenoxy) is 3. The highest BCUT2D eigenvalue weighted by atomic mass is 16.5. The lowest BCUT2D eigenvalue weighted by molar-refractivity contribution is -0.115. The average Bonchev–Trinajstić information content (AvgIpc) is 2.63. The molecular weight excluding hydrogens is 326 g/mol. The van der Waals surface area contributed by atoms with Gasteiger partial charge in [0, 0.05) is 12.8 Å². The fraction of sp³-hybridized carbons (Fsp3) is 0.294. The molecule has 0 radical (unpaired) electrons. The smallest absolute Gasteiger partial charge is 0.232 e. The Morgan fingerprint density at radius 2 is 1.60 bits per heavy atom. The minimum atomic E-state index is -0.536. The van der Waals surface area contributed by atoms with E-state index in [0.29, 0.717) is 12.3 Å². The van der Waals surface area contributed by atoms with Crippen LogP contribution in [0.3, 0.4) is 0 Å². The molecule has 1 heterocycles. The number of rotatable bonds is 8. The van der Waals surface area contributed by atoms with Crippen LogP contribution in [-0.2, 0) is 16.1 Å². The van der Waals surface area contributed by atoms with Crippen molar-refractivity contribution in [2.45, 2.75) is 13.0 Å². The van der Waals surface area contributed by atoms with Crippen LogP contribution in [0.2, 0.25) is 0 Å². The van der Waals surface area contributed by atoms with Gasteiger partial charge in [-0.25, -0.2) is 0 Å². The van der Waals surface area contributed by atoms with Crippen molar-refractivity contribution >= 4 is 17.4 Å². The molecule has 8 nitrogen and oxygen atoms in total. The molecule has 0 saturated heterocycles. The summed E-state index contributed by atoms with van der Waals surface area (Å²) in [5.41, 5.74) is 1.57. The predicted molar refractivity (Wildman–Crippen MR) is 89.9 cm³/mol. The summed E-state index contributed by atoms with van der Waals surface area (Å²) in [6.07, 6.45) is -0.393. The van der Waals surface area contributed by atoms with E-state index in [0.717, 1.165) is 5.56 Å². The molecule has 0 saturated carbocycles. The number of methoxy groups -OCH3 is 3. The maximum atomic E-state index is 12.2. The van der Waals surface area contributed by atoms with Gasteiger partial charge in [-0.1, -0.05) is 12.1 Å². The number of benzene rings is 1. The normalized spacial score (nSPS) is 10.2. The molecule has 2 aromatic rings. The van der Waals surface area contributed by atoms with Gasteiger partial charge in [-0.3, -0.25) is 9.59 Å². The van der Waals surface area contributed by atoms with Gasteiger partial charge in [0.2, 0.25) is 29.3 Å². The molecule has 0 aliphatic carbocycles. The zero-order valence-corrected chi connectivity index (χ0v) is 14.2. The second-order valence-corrected chi connectivity index (χ2v) is 5.05. The molecular formula is C17H19N3O5. The molecule has 1 aromatic carbocycles. The molecule has 132 valence electrons. The highest BCUT2D eigenvalue weighted by Crippen LogP contribution is 2.16. The van der Waals surface area contributed by atoms with Crippen LogP contribution in [0.15, 0.2) is 30.3 Å². The van der Waals surface area contributed by atoms with E-state index in [1.165, 1.54) is 20.3 Å². The number of nitrogens with zero attached hydrogens (tertiary/aromatic N) is 2. The van der Waals surface area contributed by atoms with Crippen LogP contribution in [-0.4, -0.2) is 43.0 Å². The zero-order valence-electron chi connectivity index (χ0n) is 14.2. The lowest BCUT2D eigenvalue weighted by atomic mass is 10.2. The molecule has 0 bridgehead atoms. The molecule has 0 aliphatic heterocycles. The fourth-order valence-corrected chi connectivity index (χ4v) is 2.02. The SMILES string of the molecule is COCc1ccc(NC(=O)CC(=O)c2nc(OC)cc(OC)n2)cc1. The van der Waals surface area contributed by atoms with Crippen molar-refractivity contribution in [1.29, 1.82) is 0 Å². The zero-order chi connectivity index (χ0) is 18.2. The summed E-state index contributed by atoms with van der Waals surface area (Å²) in [5.74, 6) is -0.768. The van der Waals surface area contributed by atoms with E-state index in [4.69, 9.17) is 14.2 Å². The van der Waals surface area contributed by atoms with E-state index in [1.54, 1.807) is 19.2 Å². The third-order valence-electron chi connectivity index (χ3n) is 3.22. The molecule has 0 unspecified atom stereocenters. The minimum absolute atomic E-state index is 0.137. The molecule has 0 aliphatic rings. The number of carbonyl (C=O) groups excluding carboxylic acids is 2. The summed E-state index contributed by atoms with van der Waals surface area (Å²) in [5, 5.41) is 2.65. The van der Waals surface area contributed by atoms with E-state index in [1.807, 2.05) is 12.1 Å². The first kappa shape index (κ1) is 18.3. The molecule has 2 rings (SSSR count). The van der Waals surface area contributed by atoms with Gasteiger partial charge in [0.25, 0.3) is 0 Å². The Bertz CT molecular complexity index is 724. The summed E-state index contributed by atoms with van der Waals surface area (Å²) in [6.45, 7) is 0.488. The third-order valence-corrected chi connectivity index (χ3v) is 3.22. The Morgan fingerprint density at radius 1 is 1.00 bits per heavy atom. The van der Waals surface area contributed by atoms with Crippen LogP contribution in [0, 0.1) is 0 Å². The predicted octanol–water partition coefficient (Wildman–Crippen LogP) is 1.85. The van der Waals surface area contributed by atoms with Crippen molar-refractivity contribution in [2.75, 3.05) is 26.6 Å². The monoisotopic (exact) mass is 345 g/mol. The van der Waals surface area contributed by atoms with Crippen molar-refractivity contribution in [3.63, 3.8) is 0 Å². The second-order valence-electron chi connectivity index (χ2n) is 5.05. The highest BCUT2D eigenvalue weighted by molar-refractivity contribution is 6.09. The first-order chi connectivity index (χ1) is 12.0. The van der Waals surface area contributed by atoms with E-state index >= 15 is 0 Å². The van der Waals surface area contributed by atoms with Gasteiger partial charge in [-0.05, 0) is 17.7 Å². The first-order valence-electron chi connectivity index (χ1n) is 7.43. The van der Waals surface area contributed by atoms with Crippen LogP contribution >= 0.6 is 0 Å². The number of ketones is 1. The fourth-order valence-electron chi connectivity index (χ4n) is 2.02. The Kier molecular flexibility index (Phi) is 6.41. The topological polar surface area (TPSA) is 99.6 Å². The molecule has 0 fully saturated rings. The lowest BCUT2D eigenvalue weighted by Crippen LogP contribution is -2.18. The van der Waals surface area contributed by atoms with Crippen LogP contribution < -0.4 is 14.8 Å². The van der Waals surface area contributed by atoms with Crippen LogP contribution in [0.5, 0.6) is 11.8 Å².